The van der Waals surface area contributed by atoms with Crippen molar-refractivity contribution in [1.29, 1.82) is 0 Å². The highest BCUT2D eigenvalue weighted by Gasteiger charge is 2.28. The fourth-order valence-corrected chi connectivity index (χ4v) is 12.6. The first-order chi connectivity index (χ1) is 37.7. The second-order valence-corrected chi connectivity index (χ2v) is 19.9. The summed E-state index contributed by atoms with van der Waals surface area (Å²) in [5, 5.41) is 10.3. The molecule has 0 fully saturated rings. The lowest BCUT2D eigenvalue weighted by Crippen LogP contribution is -1.97. The van der Waals surface area contributed by atoms with E-state index in [-0.39, 0.29) is 0 Å². The fourth-order valence-electron chi connectivity index (χ4n) is 12.6. The quantitative estimate of drug-likeness (QED) is 0.173. The summed E-state index contributed by atoms with van der Waals surface area (Å²) in [5.74, 6) is 0.919. The van der Waals surface area contributed by atoms with Crippen LogP contribution in [0.2, 0.25) is 0 Å². The second-order valence-electron chi connectivity index (χ2n) is 19.9. The Bertz CT molecular complexity index is 4840. The molecule has 0 saturated carbocycles. The Morgan fingerprint density at radius 2 is 0.697 bits per heavy atom. The van der Waals surface area contributed by atoms with Crippen LogP contribution < -0.4 is 0 Å². The van der Waals surface area contributed by atoms with Crippen LogP contribution >= 0.6 is 0 Å². The van der Waals surface area contributed by atoms with Crippen molar-refractivity contribution in [3.05, 3.63) is 261 Å². The lowest BCUT2D eigenvalue weighted by molar-refractivity contribution is 1.08. The molecule has 0 radical (unpaired) electrons. The topological polar surface area (TPSA) is 48.5 Å². The van der Waals surface area contributed by atoms with E-state index < -0.39 is 0 Å². The number of rotatable bonds is 5. The zero-order valence-corrected chi connectivity index (χ0v) is 41.1. The van der Waals surface area contributed by atoms with Gasteiger partial charge in [0.25, 0.3) is 0 Å². The third-order valence-corrected chi connectivity index (χ3v) is 15.8. The normalized spacial score (nSPS) is 11.9. The van der Waals surface area contributed by atoms with Gasteiger partial charge in [-0.1, -0.05) is 158 Å². The molecule has 5 nitrogen and oxygen atoms in total. The van der Waals surface area contributed by atoms with Crippen molar-refractivity contribution in [1.82, 2.24) is 24.1 Å². The minimum absolute atomic E-state index is 0.919. The van der Waals surface area contributed by atoms with Gasteiger partial charge in [0.05, 0.1) is 33.5 Å². The van der Waals surface area contributed by atoms with Crippen LogP contribution in [-0.4, -0.2) is 24.1 Å². The number of benzene rings is 10. The van der Waals surface area contributed by atoms with Crippen molar-refractivity contribution in [2.45, 2.75) is 0 Å². The molecule has 76 heavy (non-hydrogen) atoms. The van der Waals surface area contributed by atoms with Crippen LogP contribution in [-0.2, 0) is 0 Å². The van der Waals surface area contributed by atoms with Gasteiger partial charge in [-0.05, 0) is 162 Å². The SMILES string of the molecule is c1ccc(-c2cc3c4c5c6c(cccc6ccc5n(-c5ccccn5)c4c2)-c2ccccc2-3)nc1.c1ccc(-c2cccc(-n3c4cc(-c5ccccn5)cc5c4c4c6c(cccc6ccc43)-c3ccccc3-5)c2)cc1. The molecule has 0 atom stereocenters. The molecule has 10 aromatic carbocycles. The molecule has 17 rings (SSSR count). The summed E-state index contributed by atoms with van der Waals surface area (Å²) in [7, 11) is 0. The number of pyridine rings is 3. The Balaban J connectivity index is 0.000000130. The molecule has 0 aliphatic heterocycles. The van der Waals surface area contributed by atoms with Gasteiger partial charge in [0.2, 0.25) is 0 Å². The lowest BCUT2D eigenvalue weighted by Gasteiger charge is -2.15. The summed E-state index contributed by atoms with van der Waals surface area (Å²) in [6.07, 6.45) is 5.60. The molecule has 0 N–H and O–H groups in total. The Morgan fingerprint density at radius 1 is 0.237 bits per heavy atom. The van der Waals surface area contributed by atoms with Crippen LogP contribution in [0.4, 0.5) is 0 Å². The number of hydrogen-bond donors (Lipinski definition) is 0. The molecule has 0 spiro atoms. The Hall–Kier alpha value is -10.2. The first kappa shape index (κ1) is 42.3. The zero-order valence-electron chi connectivity index (χ0n) is 41.1. The van der Waals surface area contributed by atoms with E-state index in [9.17, 15) is 0 Å². The largest absolute Gasteiger partial charge is 0.309 e. The molecule has 0 amide bonds. The molecule has 0 bridgehead atoms. The summed E-state index contributed by atoms with van der Waals surface area (Å²) in [6, 6.07) is 87.2. The van der Waals surface area contributed by atoms with E-state index in [1.54, 1.807) is 0 Å². The van der Waals surface area contributed by atoms with Gasteiger partial charge in [0, 0.05) is 56.9 Å². The highest BCUT2D eigenvalue weighted by atomic mass is 15.1. The van der Waals surface area contributed by atoms with Gasteiger partial charge in [-0.15, -0.1) is 0 Å². The van der Waals surface area contributed by atoms with Crippen molar-refractivity contribution in [2.75, 3.05) is 0 Å². The summed E-state index contributed by atoms with van der Waals surface area (Å²) in [5.41, 5.74) is 22.6. The average Bonchev–Trinajstić information content (AvgIpc) is 4.05. The molecular formula is C71H43N5. The molecule has 352 valence electrons. The van der Waals surface area contributed by atoms with Crippen molar-refractivity contribution in [3.63, 3.8) is 0 Å². The van der Waals surface area contributed by atoms with Gasteiger partial charge in [0.15, 0.2) is 0 Å². The van der Waals surface area contributed by atoms with E-state index in [0.717, 1.165) is 39.5 Å². The molecule has 5 heterocycles. The predicted molar refractivity (Wildman–Crippen MR) is 315 cm³/mol. The van der Waals surface area contributed by atoms with Crippen LogP contribution in [0, 0.1) is 0 Å². The summed E-state index contributed by atoms with van der Waals surface area (Å²) in [4.78, 5) is 14.2. The smallest absolute Gasteiger partial charge is 0.137 e. The molecule has 5 aromatic heterocycles. The van der Waals surface area contributed by atoms with E-state index in [1.807, 2.05) is 42.9 Å². The van der Waals surface area contributed by atoms with Crippen molar-refractivity contribution in [2.24, 2.45) is 0 Å². The number of hydrogen-bond acceptors (Lipinski definition) is 3. The molecular weight excluding hydrogens is 923 g/mol. The van der Waals surface area contributed by atoms with Crippen molar-refractivity contribution in [3.8, 4) is 89.7 Å². The summed E-state index contributed by atoms with van der Waals surface area (Å²) < 4.78 is 4.77. The number of fused-ring (bicyclic) bond motifs is 6. The predicted octanol–water partition coefficient (Wildman–Crippen LogP) is 18.4. The lowest BCUT2D eigenvalue weighted by atomic mass is 9.92. The van der Waals surface area contributed by atoms with Gasteiger partial charge in [-0.2, -0.15) is 0 Å². The second kappa shape index (κ2) is 16.7. The Morgan fingerprint density at radius 3 is 1.24 bits per heavy atom. The Labute approximate surface area is 437 Å². The van der Waals surface area contributed by atoms with Crippen LogP contribution in [0.15, 0.2) is 261 Å². The van der Waals surface area contributed by atoms with Crippen LogP contribution in [0.3, 0.4) is 0 Å². The molecule has 2 aliphatic carbocycles. The van der Waals surface area contributed by atoms with E-state index in [4.69, 9.17) is 15.0 Å². The van der Waals surface area contributed by atoms with E-state index in [0.29, 0.717) is 0 Å². The minimum Gasteiger partial charge on any atom is -0.309 e. The average molecular weight is 966 g/mol. The van der Waals surface area contributed by atoms with Crippen LogP contribution in [0.25, 0.3) is 155 Å². The van der Waals surface area contributed by atoms with E-state index in [2.05, 4.69) is 228 Å². The van der Waals surface area contributed by atoms with Crippen LogP contribution in [0.1, 0.15) is 0 Å². The van der Waals surface area contributed by atoms with Gasteiger partial charge in [-0.3, -0.25) is 14.5 Å². The van der Waals surface area contributed by atoms with Crippen molar-refractivity contribution >= 4 is 65.2 Å². The third kappa shape index (κ3) is 6.30. The Kier molecular flexibility index (Phi) is 9.27. The maximum atomic E-state index is 4.77. The van der Waals surface area contributed by atoms with Gasteiger partial charge >= 0.3 is 0 Å². The molecule has 0 unspecified atom stereocenters. The molecule has 5 heteroatoms. The summed E-state index contributed by atoms with van der Waals surface area (Å²) >= 11 is 0. The standard InChI is InChI=1S/C39H24N2.C32H19N3/c1-2-10-25(11-3-1)27-13-8-14-29(22-27)41-35-20-19-26-12-9-17-32-30-15-4-5-16-31(30)33-23-28(34-18-6-7-21-40-34)24-36(41)38(33)39(35)37(26)32;1-2-10-23-22(9-1)24-11-7-8-20-14-15-27-32(30(20)24)31-25(23)18-21(26-12-3-5-16-33-26)19-28(31)35(27)29-13-4-6-17-34-29/h1-24H;1-19H. The third-order valence-electron chi connectivity index (χ3n) is 15.8. The highest BCUT2D eigenvalue weighted by Crippen LogP contribution is 2.53. The number of nitrogens with zero attached hydrogens (tertiary/aromatic N) is 5. The first-order valence-corrected chi connectivity index (χ1v) is 25.9. The van der Waals surface area contributed by atoms with Crippen molar-refractivity contribution < 1.29 is 0 Å². The zero-order chi connectivity index (χ0) is 49.8. The van der Waals surface area contributed by atoms with E-state index >= 15 is 0 Å². The maximum Gasteiger partial charge on any atom is 0.137 e. The minimum atomic E-state index is 0.919. The van der Waals surface area contributed by atoms with Gasteiger partial charge in [-0.25, -0.2) is 4.98 Å². The van der Waals surface area contributed by atoms with Gasteiger partial charge in [0.1, 0.15) is 5.82 Å². The van der Waals surface area contributed by atoms with Crippen LogP contribution in [0.5, 0.6) is 0 Å². The van der Waals surface area contributed by atoms with E-state index in [1.165, 1.54) is 115 Å². The molecule has 0 saturated heterocycles. The monoisotopic (exact) mass is 965 g/mol. The highest BCUT2D eigenvalue weighted by molar-refractivity contribution is 6.32. The molecule has 2 aliphatic rings. The maximum absolute atomic E-state index is 4.77. The number of aromatic nitrogens is 5. The molecule has 15 aromatic rings. The van der Waals surface area contributed by atoms with Gasteiger partial charge < -0.3 is 4.57 Å². The first-order valence-electron chi connectivity index (χ1n) is 25.9. The fraction of sp³-hybridized carbons (Fsp3) is 0. The summed E-state index contributed by atoms with van der Waals surface area (Å²) in [6.45, 7) is 0.